The van der Waals surface area contributed by atoms with Crippen molar-refractivity contribution >= 4 is 22.7 Å². The van der Waals surface area contributed by atoms with Crippen LogP contribution in [0.2, 0.25) is 0 Å². The maximum Gasteiger partial charge on any atom is 0.302 e. The summed E-state index contributed by atoms with van der Waals surface area (Å²) >= 11 is 0. The molecule has 0 N–H and O–H groups in total. The summed E-state index contributed by atoms with van der Waals surface area (Å²) in [4.78, 5) is 22.6. The number of rotatable bonds is 6. The Morgan fingerprint density at radius 2 is 2.00 bits per heavy atom. The molecular weight excluding hydrogens is 276 g/mol. The average molecular weight is 292 g/mol. The molecule has 0 aliphatic rings. The molecule has 0 aliphatic carbocycles. The van der Waals surface area contributed by atoms with Crippen molar-refractivity contribution < 1.29 is 28.2 Å². The van der Waals surface area contributed by atoms with Crippen LogP contribution in [0.1, 0.15) is 24.2 Å². The van der Waals surface area contributed by atoms with Gasteiger partial charge in [0.1, 0.15) is 35.9 Å². The molecule has 0 radical (unpaired) electrons. The van der Waals surface area contributed by atoms with Gasteiger partial charge in [-0.15, -0.1) is 0 Å². The predicted molar refractivity (Wildman–Crippen MR) is 74.9 cm³/mol. The zero-order valence-electron chi connectivity index (χ0n) is 12.1. The van der Waals surface area contributed by atoms with Crippen molar-refractivity contribution in [3.63, 3.8) is 0 Å². The van der Waals surface area contributed by atoms with Crippen LogP contribution < -0.4 is 9.47 Å². The molecule has 1 heterocycles. The van der Waals surface area contributed by atoms with Crippen molar-refractivity contribution in [2.24, 2.45) is 0 Å². The van der Waals surface area contributed by atoms with Crippen molar-refractivity contribution in [3.8, 4) is 11.5 Å². The van der Waals surface area contributed by atoms with Gasteiger partial charge < -0.3 is 18.6 Å². The summed E-state index contributed by atoms with van der Waals surface area (Å²) in [5, 5.41) is 0.704. The van der Waals surface area contributed by atoms with Crippen molar-refractivity contribution in [2.75, 3.05) is 20.3 Å². The number of hydrogen-bond donors (Lipinski definition) is 0. The second-order valence-corrected chi connectivity index (χ2v) is 4.36. The van der Waals surface area contributed by atoms with E-state index in [0.29, 0.717) is 28.0 Å². The van der Waals surface area contributed by atoms with E-state index in [4.69, 9.17) is 18.6 Å². The first-order chi connectivity index (χ1) is 10.0. The van der Waals surface area contributed by atoms with Gasteiger partial charge in [0.2, 0.25) is 0 Å². The van der Waals surface area contributed by atoms with E-state index in [9.17, 15) is 9.59 Å². The number of esters is 1. The second kappa shape index (κ2) is 6.30. The minimum atomic E-state index is -0.385. The molecule has 0 saturated carbocycles. The lowest BCUT2D eigenvalue weighted by molar-refractivity contribution is -0.141. The van der Waals surface area contributed by atoms with Crippen LogP contribution in [0, 0.1) is 0 Å². The SMILES string of the molecule is COc1c(C(C)=O)c(OCCOC(C)=O)cc2occc12. The zero-order valence-corrected chi connectivity index (χ0v) is 12.1. The molecule has 1 aromatic carbocycles. The van der Waals surface area contributed by atoms with Crippen molar-refractivity contribution in [3.05, 3.63) is 24.0 Å². The predicted octanol–water partition coefficient (Wildman–Crippen LogP) is 2.59. The molecule has 112 valence electrons. The summed E-state index contributed by atoms with van der Waals surface area (Å²) in [5.41, 5.74) is 0.897. The number of hydrogen-bond acceptors (Lipinski definition) is 6. The molecule has 6 nitrogen and oxygen atoms in total. The highest BCUT2D eigenvalue weighted by molar-refractivity contribution is 6.05. The maximum absolute atomic E-state index is 11.9. The van der Waals surface area contributed by atoms with Crippen LogP contribution in [0.25, 0.3) is 11.0 Å². The van der Waals surface area contributed by atoms with Crippen LogP contribution in [0.4, 0.5) is 0 Å². The highest BCUT2D eigenvalue weighted by atomic mass is 16.6. The second-order valence-electron chi connectivity index (χ2n) is 4.36. The number of ether oxygens (including phenoxy) is 3. The Labute approximate surface area is 121 Å². The number of methoxy groups -OCH3 is 1. The lowest BCUT2D eigenvalue weighted by atomic mass is 10.1. The Balaban J connectivity index is 2.34. The van der Waals surface area contributed by atoms with Crippen LogP contribution in [0.5, 0.6) is 11.5 Å². The number of carbonyl (C=O) groups is 2. The summed E-state index contributed by atoms with van der Waals surface area (Å²) in [7, 11) is 1.48. The van der Waals surface area contributed by atoms with Crippen molar-refractivity contribution in [1.82, 2.24) is 0 Å². The third-order valence-corrected chi connectivity index (χ3v) is 2.88. The number of furan rings is 1. The largest absolute Gasteiger partial charge is 0.495 e. The zero-order chi connectivity index (χ0) is 15.4. The van der Waals surface area contributed by atoms with Crippen LogP contribution in [-0.2, 0) is 9.53 Å². The molecule has 0 spiro atoms. The normalized spacial score (nSPS) is 10.4. The van der Waals surface area contributed by atoms with Crippen molar-refractivity contribution in [1.29, 1.82) is 0 Å². The molecule has 2 aromatic rings. The van der Waals surface area contributed by atoms with E-state index < -0.39 is 0 Å². The van der Waals surface area contributed by atoms with Gasteiger partial charge in [-0.1, -0.05) is 0 Å². The fourth-order valence-corrected chi connectivity index (χ4v) is 2.05. The minimum Gasteiger partial charge on any atom is -0.495 e. The summed E-state index contributed by atoms with van der Waals surface area (Å²) in [6.07, 6.45) is 1.51. The third-order valence-electron chi connectivity index (χ3n) is 2.88. The minimum absolute atomic E-state index is 0.102. The summed E-state index contributed by atoms with van der Waals surface area (Å²) in [6.45, 7) is 2.99. The molecule has 0 bridgehead atoms. The van der Waals surface area contributed by atoms with E-state index in [1.165, 1.54) is 27.2 Å². The highest BCUT2D eigenvalue weighted by Gasteiger charge is 2.20. The molecule has 0 fully saturated rings. The topological polar surface area (TPSA) is 75.0 Å². The standard InChI is InChI=1S/C15H16O6/c1-9(16)14-13(21-7-6-19-10(2)17)8-12-11(4-5-20-12)15(14)18-3/h4-5,8H,6-7H2,1-3H3. The number of Topliss-reactive ketones (excluding diaryl/α,β-unsaturated/α-hetero) is 1. The maximum atomic E-state index is 11.9. The van der Waals surface area contributed by atoms with E-state index in [-0.39, 0.29) is 25.0 Å². The Kier molecular flexibility index (Phi) is 4.47. The van der Waals surface area contributed by atoms with Crippen LogP contribution in [-0.4, -0.2) is 32.1 Å². The average Bonchev–Trinajstić information content (AvgIpc) is 2.89. The smallest absolute Gasteiger partial charge is 0.302 e. The van der Waals surface area contributed by atoms with Gasteiger partial charge in [0.25, 0.3) is 0 Å². The molecule has 0 atom stereocenters. The quantitative estimate of drug-likeness (QED) is 0.463. The Morgan fingerprint density at radius 1 is 1.24 bits per heavy atom. The van der Waals surface area contributed by atoms with E-state index >= 15 is 0 Å². The van der Waals surface area contributed by atoms with Crippen LogP contribution >= 0.6 is 0 Å². The van der Waals surface area contributed by atoms with E-state index in [2.05, 4.69) is 0 Å². The number of fused-ring (bicyclic) bond motifs is 1. The molecule has 0 saturated heterocycles. The molecule has 0 aliphatic heterocycles. The van der Waals surface area contributed by atoms with E-state index in [0.717, 1.165) is 0 Å². The molecular formula is C15H16O6. The van der Waals surface area contributed by atoms with E-state index in [1.54, 1.807) is 12.1 Å². The first kappa shape index (κ1) is 14.9. The molecule has 0 amide bonds. The van der Waals surface area contributed by atoms with Gasteiger partial charge in [-0.05, 0) is 13.0 Å². The van der Waals surface area contributed by atoms with Crippen molar-refractivity contribution in [2.45, 2.75) is 13.8 Å². The summed E-state index contributed by atoms with van der Waals surface area (Å²) in [5.74, 6) is 0.187. The van der Waals surface area contributed by atoms with Gasteiger partial charge >= 0.3 is 5.97 Å². The number of benzene rings is 1. The fraction of sp³-hybridized carbons (Fsp3) is 0.333. The number of ketones is 1. The summed E-state index contributed by atoms with van der Waals surface area (Å²) < 4.78 is 21.0. The van der Waals surface area contributed by atoms with Crippen LogP contribution in [0.15, 0.2) is 22.8 Å². The third kappa shape index (κ3) is 3.16. The molecule has 2 rings (SSSR count). The Bertz CT molecular complexity index is 670. The number of carbonyl (C=O) groups excluding carboxylic acids is 2. The van der Waals surface area contributed by atoms with Gasteiger partial charge in [0, 0.05) is 13.0 Å². The van der Waals surface area contributed by atoms with Gasteiger partial charge in [-0.3, -0.25) is 9.59 Å². The fourth-order valence-electron chi connectivity index (χ4n) is 2.05. The molecule has 21 heavy (non-hydrogen) atoms. The lowest BCUT2D eigenvalue weighted by Gasteiger charge is -2.13. The Hall–Kier alpha value is -2.50. The Morgan fingerprint density at radius 3 is 2.62 bits per heavy atom. The molecule has 1 aromatic heterocycles. The summed E-state index contributed by atoms with van der Waals surface area (Å²) in [6, 6.07) is 3.35. The van der Waals surface area contributed by atoms with Gasteiger partial charge in [-0.25, -0.2) is 0 Å². The molecule has 6 heteroatoms. The van der Waals surface area contributed by atoms with Gasteiger partial charge in [0.05, 0.1) is 18.8 Å². The van der Waals surface area contributed by atoms with Gasteiger partial charge in [-0.2, -0.15) is 0 Å². The first-order valence-corrected chi connectivity index (χ1v) is 6.40. The lowest BCUT2D eigenvalue weighted by Crippen LogP contribution is -2.11. The van der Waals surface area contributed by atoms with Crippen LogP contribution in [0.3, 0.4) is 0 Å². The monoisotopic (exact) mass is 292 g/mol. The van der Waals surface area contributed by atoms with E-state index in [1.807, 2.05) is 0 Å². The first-order valence-electron chi connectivity index (χ1n) is 6.40. The van der Waals surface area contributed by atoms with Gasteiger partial charge in [0.15, 0.2) is 5.78 Å². The molecule has 0 unspecified atom stereocenters. The highest BCUT2D eigenvalue weighted by Crippen LogP contribution is 2.37.